The Morgan fingerprint density at radius 3 is 2.56 bits per heavy atom. The second-order valence-corrected chi connectivity index (χ2v) is 4.76. The normalized spacial score (nSPS) is 14.5. The number of fused-ring (bicyclic) bond motifs is 1. The monoisotopic (exact) mass is 237 g/mol. The van der Waals surface area contributed by atoms with Crippen LogP contribution in [0.1, 0.15) is 16.7 Å². The lowest BCUT2D eigenvalue weighted by Crippen LogP contribution is -2.36. The van der Waals surface area contributed by atoms with Crippen LogP contribution in [-0.4, -0.2) is 5.91 Å². The van der Waals surface area contributed by atoms with Gasteiger partial charge in [-0.05, 0) is 35.7 Å². The highest BCUT2D eigenvalue weighted by atomic mass is 16.2. The van der Waals surface area contributed by atoms with Gasteiger partial charge >= 0.3 is 0 Å². The number of aryl methyl sites for hydroxylation is 1. The Balaban J connectivity index is 1.98. The van der Waals surface area contributed by atoms with E-state index in [1.807, 2.05) is 48.2 Å². The van der Waals surface area contributed by atoms with Gasteiger partial charge in [0.2, 0.25) is 5.91 Å². The molecule has 0 saturated heterocycles. The first-order valence-corrected chi connectivity index (χ1v) is 6.18. The molecule has 0 unspecified atom stereocenters. The van der Waals surface area contributed by atoms with Crippen molar-refractivity contribution in [3.05, 3.63) is 65.2 Å². The first-order chi connectivity index (χ1) is 8.74. The van der Waals surface area contributed by atoms with E-state index in [0.717, 1.165) is 11.3 Å². The highest BCUT2D eigenvalue weighted by molar-refractivity contribution is 5.96. The molecule has 18 heavy (non-hydrogen) atoms. The van der Waals surface area contributed by atoms with Crippen molar-refractivity contribution in [1.29, 1.82) is 0 Å². The van der Waals surface area contributed by atoms with Crippen molar-refractivity contribution in [2.75, 3.05) is 4.90 Å². The van der Waals surface area contributed by atoms with Crippen LogP contribution in [0.5, 0.6) is 0 Å². The van der Waals surface area contributed by atoms with Crippen molar-refractivity contribution >= 4 is 11.6 Å². The molecule has 0 fully saturated rings. The van der Waals surface area contributed by atoms with Crippen LogP contribution in [-0.2, 0) is 17.8 Å². The van der Waals surface area contributed by atoms with Crippen molar-refractivity contribution in [1.82, 2.24) is 0 Å². The molecule has 0 saturated carbocycles. The van der Waals surface area contributed by atoms with E-state index in [9.17, 15) is 4.79 Å². The van der Waals surface area contributed by atoms with E-state index in [1.165, 1.54) is 11.1 Å². The van der Waals surface area contributed by atoms with Crippen LogP contribution in [0, 0.1) is 6.92 Å². The number of amides is 1. The zero-order valence-electron chi connectivity index (χ0n) is 10.4. The van der Waals surface area contributed by atoms with Gasteiger partial charge in [0.15, 0.2) is 0 Å². The predicted molar refractivity (Wildman–Crippen MR) is 72.5 cm³/mol. The van der Waals surface area contributed by atoms with Gasteiger partial charge in [0, 0.05) is 5.69 Å². The molecule has 0 radical (unpaired) electrons. The van der Waals surface area contributed by atoms with E-state index >= 15 is 0 Å². The van der Waals surface area contributed by atoms with Gasteiger partial charge in [0.25, 0.3) is 0 Å². The number of hydrogen-bond donors (Lipinski definition) is 0. The van der Waals surface area contributed by atoms with Gasteiger partial charge in [0.05, 0.1) is 13.0 Å². The molecule has 90 valence electrons. The van der Waals surface area contributed by atoms with Crippen molar-refractivity contribution in [2.45, 2.75) is 19.9 Å². The molecule has 2 nitrogen and oxygen atoms in total. The molecule has 1 amide bonds. The van der Waals surface area contributed by atoms with Crippen LogP contribution in [0.25, 0.3) is 0 Å². The molecule has 0 N–H and O–H groups in total. The fourth-order valence-electron chi connectivity index (χ4n) is 2.43. The van der Waals surface area contributed by atoms with E-state index < -0.39 is 0 Å². The molecule has 3 rings (SSSR count). The highest BCUT2D eigenvalue weighted by Gasteiger charge is 2.23. The lowest BCUT2D eigenvalue weighted by molar-refractivity contribution is -0.118. The molecule has 0 aliphatic carbocycles. The van der Waals surface area contributed by atoms with Crippen LogP contribution >= 0.6 is 0 Å². The highest BCUT2D eigenvalue weighted by Crippen LogP contribution is 2.25. The number of anilines is 1. The van der Waals surface area contributed by atoms with Gasteiger partial charge in [0.1, 0.15) is 0 Å². The van der Waals surface area contributed by atoms with Crippen molar-refractivity contribution in [2.24, 2.45) is 0 Å². The second-order valence-electron chi connectivity index (χ2n) is 4.76. The third kappa shape index (κ3) is 1.90. The fourth-order valence-corrected chi connectivity index (χ4v) is 2.43. The molecule has 1 aliphatic rings. The molecular weight excluding hydrogens is 222 g/mol. The minimum absolute atomic E-state index is 0.180. The summed E-state index contributed by atoms with van der Waals surface area (Å²) in [6, 6.07) is 16.3. The van der Waals surface area contributed by atoms with Gasteiger partial charge in [-0.15, -0.1) is 0 Å². The standard InChI is InChI=1S/C16H15NO/c1-12-5-4-8-15(9-12)17-11-14-7-3-2-6-13(14)10-16(17)18/h2-9H,10-11H2,1H3. The molecular formula is C16H15NO. The molecule has 1 aliphatic heterocycles. The Morgan fingerprint density at radius 1 is 1.00 bits per heavy atom. The lowest BCUT2D eigenvalue weighted by atomic mass is 9.98. The maximum atomic E-state index is 12.2. The van der Waals surface area contributed by atoms with Crippen molar-refractivity contribution in [3.8, 4) is 0 Å². The summed E-state index contributed by atoms with van der Waals surface area (Å²) < 4.78 is 0. The number of carbonyl (C=O) groups excluding carboxylic acids is 1. The largest absolute Gasteiger partial charge is 0.308 e. The Hall–Kier alpha value is -2.09. The summed E-state index contributed by atoms with van der Waals surface area (Å²) >= 11 is 0. The molecule has 2 aromatic rings. The zero-order chi connectivity index (χ0) is 12.5. The van der Waals surface area contributed by atoms with Crippen molar-refractivity contribution in [3.63, 3.8) is 0 Å². The Bertz CT molecular complexity index is 604. The van der Waals surface area contributed by atoms with Gasteiger partial charge in [-0.2, -0.15) is 0 Å². The number of carbonyl (C=O) groups is 1. The molecule has 2 heteroatoms. The first kappa shape index (κ1) is 11.0. The van der Waals surface area contributed by atoms with Crippen LogP contribution in [0.15, 0.2) is 48.5 Å². The van der Waals surface area contributed by atoms with E-state index in [-0.39, 0.29) is 5.91 Å². The summed E-state index contributed by atoms with van der Waals surface area (Å²) in [5.74, 6) is 0.180. The van der Waals surface area contributed by atoms with Gasteiger partial charge in [-0.25, -0.2) is 0 Å². The van der Waals surface area contributed by atoms with E-state index in [0.29, 0.717) is 13.0 Å². The van der Waals surface area contributed by atoms with Gasteiger partial charge in [-0.3, -0.25) is 4.79 Å². The average molecular weight is 237 g/mol. The summed E-state index contributed by atoms with van der Waals surface area (Å²) in [5, 5.41) is 0. The summed E-state index contributed by atoms with van der Waals surface area (Å²) in [6.07, 6.45) is 0.504. The van der Waals surface area contributed by atoms with Gasteiger partial charge < -0.3 is 4.90 Å². The number of benzene rings is 2. The quantitative estimate of drug-likeness (QED) is 0.746. The molecule has 0 aromatic heterocycles. The molecule has 2 aromatic carbocycles. The molecule has 0 bridgehead atoms. The average Bonchev–Trinajstić information content (AvgIpc) is 2.38. The molecule has 1 heterocycles. The zero-order valence-corrected chi connectivity index (χ0v) is 10.4. The number of rotatable bonds is 1. The Morgan fingerprint density at radius 2 is 1.78 bits per heavy atom. The maximum absolute atomic E-state index is 12.2. The van der Waals surface area contributed by atoms with Crippen molar-refractivity contribution < 1.29 is 4.79 Å². The SMILES string of the molecule is Cc1cccc(N2Cc3ccccc3CC2=O)c1. The summed E-state index contributed by atoms with van der Waals surface area (Å²) in [6.45, 7) is 2.73. The predicted octanol–water partition coefficient (Wildman–Crippen LogP) is 3.08. The minimum Gasteiger partial charge on any atom is -0.308 e. The van der Waals surface area contributed by atoms with E-state index in [4.69, 9.17) is 0 Å². The topological polar surface area (TPSA) is 20.3 Å². The lowest BCUT2D eigenvalue weighted by Gasteiger charge is -2.29. The Labute approximate surface area is 107 Å². The van der Waals surface area contributed by atoms with Crippen LogP contribution < -0.4 is 4.90 Å². The maximum Gasteiger partial charge on any atom is 0.231 e. The summed E-state index contributed by atoms with van der Waals surface area (Å²) in [5.41, 5.74) is 4.58. The fraction of sp³-hybridized carbons (Fsp3) is 0.188. The second kappa shape index (κ2) is 4.30. The van der Waals surface area contributed by atoms with E-state index in [2.05, 4.69) is 12.1 Å². The third-order valence-corrected chi connectivity index (χ3v) is 3.40. The van der Waals surface area contributed by atoms with Gasteiger partial charge in [-0.1, -0.05) is 36.4 Å². The molecule has 0 spiro atoms. The third-order valence-electron chi connectivity index (χ3n) is 3.40. The Kier molecular flexibility index (Phi) is 2.63. The smallest absolute Gasteiger partial charge is 0.231 e. The van der Waals surface area contributed by atoms with Crippen LogP contribution in [0.2, 0.25) is 0 Å². The van der Waals surface area contributed by atoms with E-state index in [1.54, 1.807) is 0 Å². The summed E-state index contributed by atoms with van der Waals surface area (Å²) in [4.78, 5) is 14.1. The minimum atomic E-state index is 0.180. The number of nitrogens with zero attached hydrogens (tertiary/aromatic N) is 1. The summed E-state index contributed by atoms with van der Waals surface area (Å²) in [7, 11) is 0. The first-order valence-electron chi connectivity index (χ1n) is 6.18. The van der Waals surface area contributed by atoms with Crippen LogP contribution in [0.3, 0.4) is 0 Å². The molecule has 0 atom stereocenters. The van der Waals surface area contributed by atoms with Crippen LogP contribution in [0.4, 0.5) is 5.69 Å². The number of hydrogen-bond acceptors (Lipinski definition) is 1.